The van der Waals surface area contributed by atoms with Gasteiger partial charge in [0.25, 0.3) is 5.56 Å². The van der Waals surface area contributed by atoms with Gasteiger partial charge in [-0.1, -0.05) is 0 Å². The molecule has 10 heteroatoms. The number of nitro benzene ring substituents is 1. The number of benzene rings is 1. The number of nitrogens with zero attached hydrogens (tertiary/aromatic N) is 2. The van der Waals surface area contributed by atoms with Gasteiger partial charge in [-0.05, 0) is 38.5 Å². The Balaban J connectivity index is 2.53. The molecule has 0 atom stereocenters. The van der Waals surface area contributed by atoms with E-state index in [-0.39, 0.29) is 19.7 Å². The van der Waals surface area contributed by atoms with Crippen molar-refractivity contribution in [2.24, 2.45) is 0 Å². The van der Waals surface area contributed by atoms with E-state index < -0.39 is 22.0 Å². The summed E-state index contributed by atoms with van der Waals surface area (Å²) in [5.74, 6) is -1.21. The maximum absolute atomic E-state index is 13.5. The molecule has 0 amide bonds. The number of halogens is 3. The van der Waals surface area contributed by atoms with Crippen LogP contribution in [0.3, 0.4) is 0 Å². The fourth-order valence-corrected chi connectivity index (χ4v) is 2.02. The summed E-state index contributed by atoms with van der Waals surface area (Å²) < 4.78 is 18.7. The molecule has 20 heavy (non-hydrogen) atoms. The minimum Gasteiger partial charge on any atom is -0.430 e. The van der Waals surface area contributed by atoms with Gasteiger partial charge in [0.05, 0.1) is 15.7 Å². The monoisotopic (exact) mass is 455 g/mol. The van der Waals surface area contributed by atoms with Crippen LogP contribution in [0.1, 0.15) is 0 Å². The lowest BCUT2D eigenvalue weighted by Gasteiger charge is -2.07. The first kappa shape index (κ1) is 14.8. The molecule has 2 aromatic rings. The van der Waals surface area contributed by atoms with Crippen LogP contribution in [0.15, 0.2) is 27.7 Å². The average molecular weight is 456 g/mol. The van der Waals surface area contributed by atoms with Gasteiger partial charge in [-0.25, -0.2) is 9.37 Å². The number of nitro groups is 1. The highest BCUT2D eigenvalue weighted by atomic mass is 127. The summed E-state index contributed by atoms with van der Waals surface area (Å²) in [6.07, 6.45) is 1.08. The Hall–Kier alpha value is -1.56. The number of nitrogens with one attached hydrogen (secondary N) is 1. The van der Waals surface area contributed by atoms with E-state index in [0.29, 0.717) is 0 Å². The summed E-state index contributed by atoms with van der Waals surface area (Å²) in [6, 6.07) is 1.83. The Bertz CT molecular complexity index is 752. The number of rotatable bonds is 3. The number of aromatic nitrogens is 2. The highest BCUT2D eigenvalue weighted by Crippen LogP contribution is 2.35. The molecule has 0 spiro atoms. The summed E-state index contributed by atoms with van der Waals surface area (Å²) in [5.41, 5.74) is -0.910. The molecular weight excluding hydrogens is 452 g/mol. The summed E-state index contributed by atoms with van der Waals surface area (Å²) in [5, 5.41) is 10.9. The molecule has 2 rings (SSSR count). The van der Waals surface area contributed by atoms with Gasteiger partial charge >= 0.3 is 5.69 Å². The van der Waals surface area contributed by atoms with Gasteiger partial charge in [-0.2, -0.15) is 0 Å². The molecule has 1 aromatic carbocycles. The lowest BCUT2D eigenvalue weighted by atomic mass is 10.3. The van der Waals surface area contributed by atoms with Crippen molar-refractivity contribution in [3.05, 3.63) is 52.8 Å². The zero-order valence-corrected chi connectivity index (χ0v) is 13.1. The molecule has 0 radical (unpaired) electrons. The van der Waals surface area contributed by atoms with E-state index in [9.17, 15) is 19.3 Å². The first-order chi connectivity index (χ1) is 9.40. The molecule has 1 heterocycles. The Morgan fingerprint density at radius 2 is 2.20 bits per heavy atom. The van der Waals surface area contributed by atoms with Gasteiger partial charge in [0, 0.05) is 12.1 Å². The van der Waals surface area contributed by atoms with Crippen molar-refractivity contribution in [2.45, 2.75) is 0 Å². The van der Waals surface area contributed by atoms with Gasteiger partial charge in [-0.15, -0.1) is 0 Å². The van der Waals surface area contributed by atoms with E-state index in [4.69, 9.17) is 4.74 Å². The van der Waals surface area contributed by atoms with Crippen molar-refractivity contribution in [3.8, 4) is 11.6 Å². The number of ether oxygens (including phenoxy) is 1. The van der Waals surface area contributed by atoms with Crippen LogP contribution in [0.25, 0.3) is 0 Å². The Kier molecular flexibility index (Phi) is 4.32. The van der Waals surface area contributed by atoms with Crippen LogP contribution in [-0.2, 0) is 0 Å². The van der Waals surface area contributed by atoms with E-state index in [2.05, 4.69) is 25.9 Å². The SMILES string of the molecule is O=c1[nH]cnc(Oc2cc(F)c(Br)cc2[N+](=O)[O-])c1I. The third kappa shape index (κ3) is 2.95. The lowest BCUT2D eigenvalue weighted by molar-refractivity contribution is -0.385. The summed E-state index contributed by atoms with van der Waals surface area (Å²) in [7, 11) is 0. The summed E-state index contributed by atoms with van der Waals surface area (Å²) >= 11 is 4.52. The lowest BCUT2D eigenvalue weighted by Crippen LogP contribution is -2.11. The quantitative estimate of drug-likeness (QED) is 0.436. The van der Waals surface area contributed by atoms with Gasteiger partial charge in [0.15, 0.2) is 0 Å². The van der Waals surface area contributed by atoms with Crippen molar-refractivity contribution in [1.29, 1.82) is 0 Å². The molecule has 0 aliphatic carbocycles. The smallest absolute Gasteiger partial charge is 0.312 e. The molecule has 0 aliphatic heterocycles. The van der Waals surface area contributed by atoms with Crippen molar-refractivity contribution in [3.63, 3.8) is 0 Å². The topological polar surface area (TPSA) is 98.1 Å². The first-order valence-electron chi connectivity index (χ1n) is 4.94. The second-order valence-corrected chi connectivity index (χ2v) is 5.38. The molecule has 0 saturated carbocycles. The normalized spacial score (nSPS) is 10.3. The zero-order valence-electron chi connectivity index (χ0n) is 9.39. The predicted molar refractivity (Wildman–Crippen MR) is 78.4 cm³/mol. The molecule has 104 valence electrons. The highest BCUT2D eigenvalue weighted by molar-refractivity contribution is 14.1. The molecule has 7 nitrogen and oxygen atoms in total. The minimum absolute atomic E-state index is 0.0647. The fourth-order valence-electron chi connectivity index (χ4n) is 1.28. The Labute approximate surface area is 132 Å². The van der Waals surface area contributed by atoms with E-state index in [1.165, 1.54) is 0 Å². The van der Waals surface area contributed by atoms with Crippen molar-refractivity contribution in [2.75, 3.05) is 0 Å². The van der Waals surface area contributed by atoms with E-state index in [0.717, 1.165) is 18.5 Å². The van der Waals surface area contributed by atoms with Crippen molar-refractivity contribution >= 4 is 44.2 Å². The van der Waals surface area contributed by atoms with Gasteiger partial charge in [-0.3, -0.25) is 14.9 Å². The van der Waals surface area contributed by atoms with Crippen LogP contribution in [0.2, 0.25) is 0 Å². The van der Waals surface area contributed by atoms with Crippen LogP contribution in [0, 0.1) is 19.5 Å². The number of aromatic amines is 1. The van der Waals surface area contributed by atoms with E-state index in [1.54, 1.807) is 22.6 Å². The van der Waals surface area contributed by atoms with Crippen LogP contribution in [0.5, 0.6) is 11.6 Å². The standard InChI is InChI=1S/C10H4BrFIN3O4/c11-4-1-6(16(18)19)7(2-5(4)12)20-10-8(13)9(17)14-3-15-10/h1-3H,(H,14,15,17). The van der Waals surface area contributed by atoms with Crippen LogP contribution in [0.4, 0.5) is 10.1 Å². The molecule has 1 N–H and O–H groups in total. The highest BCUT2D eigenvalue weighted by Gasteiger charge is 2.21. The first-order valence-corrected chi connectivity index (χ1v) is 6.82. The third-order valence-electron chi connectivity index (χ3n) is 2.17. The summed E-state index contributed by atoms with van der Waals surface area (Å²) in [6.45, 7) is 0. The Morgan fingerprint density at radius 1 is 1.50 bits per heavy atom. The van der Waals surface area contributed by atoms with Gasteiger partial charge in [0.1, 0.15) is 9.39 Å². The second-order valence-electron chi connectivity index (χ2n) is 3.44. The largest absolute Gasteiger partial charge is 0.430 e. The van der Waals surface area contributed by atoms with E-state index in [1.807, 2.05) is 0 Å². The maximum Gasteiger partial charge on any atom is 0.312 e. The van der Waals surface area contributed by atoms with Gasteiger partial charge in [0.2, 0.25) is 11.6 Å². The second kappa shape index (κ2) is 5.83. The minimum atomic E-state index is -0.731. The number of hydrogen-bond acceptors (Lipinski definition) is 5. The third-order valence-corrected chi connectivity index (χ3v) is 3.73. The predicted octanol–water partition coefficient (Wildman–Crippen LogP) is 2.98. The number of hydrogen-bond donors (Lipinski definition) is 1. The van der Waals surface area contributed by atoms with Crippen LogP contribution in [-0.4, -0.2) is 14.9 Å². The van der Waals surface area contributed by atoms with Crippen LogP contribution >= 0.6 is 38.5 Å². The number of H-pyrrole nitrogens is 1. The molecule has 0 fully saturated rings. The zero-order chi connectivity index (χ0) is 14.9. The molecule has 0 aliphatic rings. The maximum atomic E-state index is 13.5. The van der Waals surface area contributed by atoms with Crippen LogP contribution < -0.4 is 10.3 Å². The molecule has 0 saturated heterocycles. The average Bonchev–Trinajstić information content (AvgIpc) is 2.38. The van der Waals surface area contributed by atoms with Crippen molar-refractivity contribution in [1.82, 2.24) is 9.97 Å². The Morgan fingerprint density at radius 3 is 2.85 bits per heavy atom. The molecule has 1 aromatic heterocycles. The summed E-state index contributed by atoms with van der Waals surface area (Å²) in [4.78, 5) is 27.6. The van der Waals surface area contributed by atoms with Crippen molar-refractivity contribution < 1.29 is 14.1 Å². The molecule has 0 bridgehead atoms. The molecule has 0 unspecified atom stereocenters. The van der Waals surface area contributed by atoms with E-state index >= 15 is 0 Å². The molecular formula is C10H4BrFIN3O4. The fraction of sp³-hybridized carbons (Fsp3) is 0. The van der Waals surface area contributed by atoms with Gasteiger partial charge < -0.3 is 9.72 Å².